The molecule has 1 fully saturated rings. The lowest BCUT2D eigenvalue weighted by atomic mass is 10.1. The van der Waals surface area contributed by atoms with Crippen molar-refractivity contribution >= 4 is 35.0 Å². The first-order chi connectivity index (χ1) is 12.6. The molecule has 2 aliphatic heterocycles. The minimum atomic E-state index is -0.179. The summed E-state index contributed by atoms with van der Waals surface area (Å²) < 4.78 is 1.61. The number of halogens is 1. The van der Waals surface area contributed by atoms with Crippen molar-refractivity contribution in [3.8, 4) is 0 Å². The average molecular weight is 391 g/mol. The first kappa shape index (κ1) is 17.4. The number of benzene rings is 1. The van der Waals surface area contributed by atoms with Crippen LogP contribution in [-0.2, 0) is 11.3 Å². The molecule has 2 aromatic rings. The van der Waals surface area contributed by atoms with Gasteiger partial charge in [0.05, 0.1) is 16.6 Å². The van der Waals surface area contributed by atoms with Crippen LogP contribution < -0.4 is 10.5 Å². The van der Waals surface area contributed by atoms with E-state index in [2.05, 4.69) is 9.88 Å². The summed E-state index contributed by atoms with van der Waals surface area (Å²) in [6.45, 7) is 3.26. The first-order valence-electron chi connectivity index (χ1n) is 8.60. The van der Waals surface area contributed by atoms with Crippen LogP contribution in [0.4, 0.5) is 5.69 Å². The fourth-order valence-corrected chi connectivity index (χ4v) is 4.74. The summed E-state index contributed by atoms with van der Waals surface area (Å²) in [4.78, 5) is 33.3. The summed E-state index contributed by atoms with van der Waals surface area (Å²) in [5, 5.41) is 1.43. The van der Waals surface area contributed by atoms with Crippen LogP contribution in [-0.4, -0.2) is 52.3 Å². The third-order valence-corrected chi connectivity index (χ3v) is 6.32. The van der Waals surface area contributed by atoms with E-state index in [1.165, 1.54) is 24.0 Å². The monoisotopic (exact) mass is 390 g/mol. The molecule has 0 unspecified atom stereocenters. The Morgan fingerprint density at radius 2 is 1.92 bits per heavy atom. The Labute approximate surface area is 160 Å². The normalized spacial score (nSPS) is 20.0. The molecule has 1 aromatic carbocycles. The van der Waals surface area contributed by atoms with Gasteiger partial charge < -0.3 is 9.80 Å². The highest BCUT2D eigenvalue weighted by Gasteiger charge is 2.31. The molecule has 136 valence electrons. The predicted molar refractivity (Wildman–Crippen MR) is 103 cm³/mol. The molecule has 1 aromatic heterocycles. The van der Waals surface area contributed by atoms with Crippen molar-refractivity contribution in [2.75, 3.05) is 36.8 Å². The number of rotatable bonds is 2. The van der Waals surface area contributed by atoms with Crippen LogP contribution >= 0.6 is 23.4 Å². The second-order valence-corrected chi connectivity index (χ2v) is 7.84. The molecule has 0 saturated carbocycles. The minimum Gasteiger partial charge on any atom is -0.367 e. The van der Waals surface area contributed by atoms with Crippen molar-refractivity contribution in [3.05, 3.63) is 51.9 Å². The Morgan fingerprint density at radius 3 is 2.69 bits per heavy atom. The third kappa shape index (κ3) is 3.33. The van der Waals surface area contributed by atoms with Crippen LogP contribution in [0.15, 0.2) is 46.5 Å². The Kier molecular flexibility index (Phi) is 4.91. The molecule has 0 aliphatic carbocycles. The first-order valence-corrected chi connectivity index (χ1v) is 9.97. The third-order valence-electron chi connectivity index (χ3n) is 4.85. The second-order valence-electron chi connectivity index (χ2n) is 6.45. The minimum absolute atomic E-state index is 0.0939. The number of thioether (sulfide) groups is 1. The quantitative estimate of drug-likeness (QED) is 0.734. The number of carbonyl (C=O) groups excluding carboxylic acids is 1. The number of para-hydroxylation sites is 1. The van der Waals surface area contributed by atoms with E-state index in [9.17, 15) is 9.59 Å². The van der Waals surface area contributed by atoms with Crippen LogP contribution in [0.1, 0.15) is 0 Å². The van der Waals surface area contributed by atoms with Gasteiger partial charge in [-0.2, -0.15) is 0 Å². The molecule has 6 nitrogen and oxygen atoms in total. The number of fused-ring (bicyclic) bond motifs is 1. The average Bonchev–Trinajstić information content (AvgIpc) is 2.68. The smallest absolute Gasteiger partial charge is 0.254 e. The predicted octanol–water partition coefficient (Wildman–Crippen LogP) is 1.97. The number of aromatic nitrogens is 2. The highest BCUT2D eigenvalue weighted by molar-refractivity contribution is 7.99. The van der Waals surface area contributed by atoms with E-state index in [1.54, 1.807) is 4.57 Å². The summed E-state index contributed by atoms with van der Waals surface area (Å²) in [6, 6.07) is 9.23. The molecule has 8 heteroatoms. The van der Waals surface area contributed by atoms with Crippen molar-refractivity contribution in [3.63, 3.8) is 0 Å². The molecule has 1 amide bonds. The van der Waals surface area contributed by atoms with Gasteiger partial charge in [0.2, 0.25) is 5.91 Å². The number of hydrogen-bond donors (Lipinski definition) is 0. The van der Waals surface area contributed by atoms with Crippen molar-refractivity contribution in [2.45, 2.75) is 11.7 Å². The molecular weight excluding hydrogens is 372 g/mol. The molecule has 26 heavy (non-hydrogen) atoms. The maximum atomic E-state index is 12.9. The van der Waals surface area contributed by atoms with E-state index >= 15 is 0 Å². The maximum Gasteiger partial charge on any atom is 0.254 e. The van der Waals surface area contributed by atoms with Gasteiger partial charge in [0.1, 0.15) is 0 Å². The van der Waals surface area contributed by atoms with Crippen LogP contribution in [0.2, 0.25) is 5.02 Å². The Balaban J connectivity index is 1.41. The van der Waals surface area contributed by atoms with Gasteiger partial charge in [-0.15, -0.1) is 0 Å². The number of piperazine rings is 1. The highest BCUT2D eigenvalue weighted by atomic mass is 35.5. The van der Waals surface area contributed by atoms with E-state index in [4.69, 9.17) is 11.6 Å². The molecule has 0 bridgehead atoms. The van der Waals surface area contributed by atoms with E-state index in [0.29, 0.717) is 30.5 Å². The van der Waals surface area contributed by atoms with Crippen LogP contribution in [0.5, 0.6) is 0 Å². The van der Waals surface area contributed by atoms with Crippen molar-refractivity contribution in [1.29, 1.82) is 0 Å². The van der Waals surface area contributed by atoms with E-state index in [1.807, 2.05) is 29.2 Å². The van der Waals surface area contributed by atoms with Gasteiger partial charge in [-0.3, -0.25) is 14.2 Å². The summed E-state index contributed by atoms with van der Waals surface area (Å²) >= 11 is 7.76. The summed E-state index contributed by atoms with van der Waals surface area (Å²) in [5.41, 5.74) is 0.921. The standard InChI is InChI=1S/C18H19ClN4O2S/c19-14-3-1-2-4-15(14)21-7-9-22(10-8-21)17(25)13-11-23-16(24)5-6-20-18(23)26-12-13/h1-6,13H,7-12H2/t13-/m0/s1. The van der Waals surface area contributed by atoms with Gasteiger partial charge in [-0.1, -0.05) is 35.5 Å². The largest absolute Gasteiger partial charge is 0.367 e. The molecule has 4 rings (SSSR count). The van der Waals surface area contributed by atoms with E-state index < -0.39 is 0 Å². The highest BCUT2D eigenvalue weighted by Crippen LogP contribution is 2.28. The molecule has 1 atom stereocenters. The summed E-state index contributed by atoms with van der Waals surface area (Å²) in [7, 11) is 0. The number of nitrogens with zero attached hydrogens (tertiary/aromatic N) is 4. The maximum absolute atomic E-state index is 12.9. The number of anilines is 1. The zero-order chi connectivity index (χ0) is 18.1. The lowest BCUT2D eigenvalue weighted by molar-refractivity contribution is -0.135. The zero-order valence-corrected chi connectivity index (χ0v) is 15.7. The fourth-order valence-electron chi connectivity index (χ4n) is 3.43. The van der Waals surface area contributed by atoms with Gasteiger partial charge in [-0.05, 0) is 12.1 Å². The topological polar surface area (TPSA) is 58.4 Å². The van der Waals surface area contributed by atoms with Gasteiger partial charge >= 0.3 is 0 Å². The fraction of sp³-hybridized carbons (Fsp3) is 0.389. The molecule has 3 heterocycles. The zero-order valence-electron chi connectivity index (χ0n) is 14.2. The molecular formula is C18H19ClN4O2S. The van der Waals surface area contributed by atoms with Crippen molar-refractivity contribution in [2.24, 2.45) is 5.92 Å². The van der Waals surface area contributed by atoms with Crippen LogP contribution in [0.25, 0.3) is 0 Å². The molecule has 1 saturated heterocycles. The number of hydrogen-bond acceptors (Lipinski definition) is 5. The molecule has 0 N–H and O–H groups in total. The van der Waals surface area contributed by atoms with Gasteiger partial charge in [-0.25, -0.2) is 4.98 Å². The Bertz CT molecular complexity index is 879. The lowest BCUT2D eigenvalue weighted by Gasteiger charge is -2.38. The van der Waals surface area contributed by atoms with E-state index in [-0.39, 0.29) is 17.4 Å². The van der Waals surface area contributed by atoms with Gasteiger partial charge in [0.25, 0.3) is 5.56 Å². The Morgan fingerprint density at radius 1 is 1.15 bits per heavy atom. The van der Waals surface area contributed by atoms with Gasteiger partial charge in [0, 0.05) is 50.7 Å². The second kappa shape index (κ2) is 7.32. The molecule has 2 aliphatic rings. The SMILES string of the molecule is O=C([C@@H]1CSc2nccc(=O)n2C1)N1CCN(c2ccccc2Cl)CC1. The Hall–Kier alpha value is -1.99. The van der Waals surface area contributed by atoms with Gasteiger partial charge in [0.15, 0.2) is 5.16 Å². The number of carbonyl (C=O) groups is 1. The van der Waals surface area contributed by atoms with Crippen LogP contribution in [0, 0.1) is 5.92 Å². The number of amides is 1. The van der Waals surface area contributed by atoms with Crippen molar-refractivity contribution in [1.82, 2.24) is 14.5 Å². The van der Waals surface area contributed by atoms with E-state index in [0.717, 1.165) is 23.8 Å². The lowest BCUT2D eigenvalue weighted by Crippen LogP contribution is -2.52. The summed E-state index contributed by atoms with van der Waals surface area (Å²) in [6.07, 6.45) is 1.53. The summed E-state index contributed by atoms with van der Waals surface area (Å²) in [5.74, 6) is 0.610. The van der Waals surface area contributed by atoms with Crippen molar-refractivity contribution < 1.29 is 4.79 Å². The molecule has 0 radical (unpaired) electrons. The molecule has 0 spiro atoms. The van der Waals surface area contributed by atoms with Crippen LogP contribution in [0.3, 0.4) is 0 Å².